The minimum Gasteiger partial charge on any atom is -0.495 e. The number of halogens is 1. The highest BCUT2D eigenvalue weighted by Gasteiger charge is 2.20. The summed E-state index contributed by atoms with van der Waals surface area (Å²) in [7, 11) is -0.998. The highest BCUT2D eigenvalue weighted by atomic mass is 35.5. The maximum Gasteiger partial charge on any atom is 0.251 e. The highest BCUT2D eigenvalue weighted by Crippen LogP contribution is 2.24. The van der Waals surface area contributed by atoms with E-state index in [2.05, 4.69) is 20.3 Å². The normalized spacial score (nSPS) is 15.2. The third-order valence-corrected chi connectivity index (χ3v) is 5.57. The molecule has 1 amide bonds. The quantitative estimate of drug-likeness (QED) is 0.527. The molecule has 0 aromatic heterocycles. The van der Waals surface area contributed by atoms with Crippen LogP contribution in [0.4, 0.5) is 0 Å². The second-order valence-corrected chi connectivity index (χ2v) is 7.63. The molecule has 8 nitrogen and oxygen atoms in total. The van der Waals surface area contributed by atoms with Gasteiger partial charge in [0.2, 0.25) is 10.0 Å². The minimum absolute atomic E-state index is 0. The summed E-state index contributed by atoms with van der Waals surface area (Å²) >= 11 is 0. The van der Waals surface area contributed by atoms with Crippen molar-refractivity contribution in [1.29, 1.82) is 0 Å². The molecule has 2 rings (SSSR count). The van der Waals surface area contributed by atoms with Crippen LogP contribution in [-0.2, 0) is 10.0 Å². The Labute approximate surface area is 161 Å². The molecule has 10 heteroatoms. The largest absolute Gasteiger partial charge is 0.495 e. The number of rotatable bonds is 8. The Balaban J connectivity index is 0.00000338. The van der Waals surface area contributed by atoms with E-state index in [0.717, 1.165) is 39.1 Å². The molecule has 1 aliphatic rings. The third kappa shape index (κ3) is 6.10. The third-order valence-electron chi connectivity index (χ3n) is 4.13. The standard InChI is InChI=1S/C16H26N4O4S.ClH/c1-17-25(22,23)15-12-13(4-5-14(15)24-2)16(21)19-6-3-9-20-10-7-18-8-11-20;/h4-5,12,17-18H,3,6-11H2,1-2H3,(H,19,21);1H. The molecule has 1 aliphatic heterocycles. The predicted molar refractivity (Wildman–Crippen MR) is 103 cm³/mol. The lowest BCUT2D eigenvalue weighted by atomic mass is 10.2. The maximum absolute atomic E-state index is 12.3. The number of nitrogens with one attached hydrogen (secondary N) is 3. The molecule has 1 saturated heterocycles. The number of carbonyl (C=O) groups is 1. The molecule has 0 spiro atoms. The topological polar surface area (TPSA) is 99.8 Å². The van der Waals surface area contributed by atoms with Gasteiger partial charge in [0, 0.05) is 38.3 Å². The first-order chi connectivity index (χ1) is 12.0. The average molecular weight is 407 g/mol. The zero-order chi connectivity index (χ0) is 18.3. The first-order valence-electron chi connectivity index (χ1n) is 8.31. The van der Waals surface area contributed by atoms with Crippen LogP contribution in [0.15, 0.2) is 23.1 Å². The van der Waals surface area contributed by atoms with Crippen LogP contribution < -0.4 is 20.1 Å². The zero-order valence-corrected chi connectivity index (χ0v) is 16.7. The van der Waals surface area contributed by atoms with Crippen LogP contribution in [0.3, 0.4) is 0 Å². The van der Waals surface area contributed by atoms with E-state index >= 15 is 0 Å². The Morgan fingerprint density at radius 3 is 2.62 bits per heavy atom. The Kier molecular flexibility index (Phi) is 9.31. The Hall–Kier alpha value is -1.39. The van der Waals surface area contributed by atoms with Gasteiger partial charge in [-0.25, -0.2) is 13.1 Å². The highest BCUT2D eigenvalue weighted by molar-refractivity contribution is 7.89. The Morgan fingerprint density at radius 1 is 1.31 bits per heavy atom. The molecule has 0 atom stereocenters. The van der Waals surface area contributed by atoms with Crippen LogP contribution in [0.5, 0.6) is 5.75 Å². The molecule has 1 aromatic rings. The van der Waals surface area contributed by atoms with Crippen molar-refractivity contribution in [3.63, 3.8) is 0 Å². The van der Waals surface area contributed by atoms with Crippen molar-refractivity contribution in [2.24, 2.45) is 0 Å². The van der Waals surface area contributed by atoms with E-state index in [-0.39, 0.29) is 34.5 Å². The molecular formula is C16H27ClN4O4S. The molecule has 0 radical (unpaired) electrons. The molecule has 0 unspecified atom stereocenters. The zero-order valence-electron chi connectivity index (χ0n) is 15.1. The van der Waals surface area contributed by atoms with E-state index in [9.17, 15) is 13.2 Å². The molecule has 3 N–H and O–H groups in total. The van der Waals surface area contributed by atoms with E-state index in [1.165, 1.54) is 26.3 Å². The van der Waals surface area contributed by atoms with Crippen molar-refractivity contribution in [3.8, 4) is 5.75 Å². The lowest BCUT2D eigenvalue weighted by molar-refractivity contribution is 0.0951. The molecule has 1 aromatic carbocycles. The summed E-state index contributed by atoms with van der Waals surface area (Å²) in [5, 5.41) is 6.14. The van der Waals surface area contributed by atoms with Crippen molar-refractivity contribution < 1.29 is 17.9 Å². The number of hydrogen-bond donors (Lipinski definition) is 3. The fourth-order valence-corrected chi connectivity index (χ4v) is 3.60. The van der Waals surface area contributed by atoms with E-state index in [0.29, 0.717) is 6.54 Å². The lowest BCUT2D eigenvalue weighted by Crippen LogP contribution is -2.44. The minimum atomic E-state index is -3.70. The number of methoxy groups -OCH3 is 1. The number of benzene rings is 1. The van der Waals surface area contributed by atoms with Crippen molar-refractivity contribution >= 4 is 28.3 Å². The van der Waals surface area contributed by atoms with Crippen LogP contribution in [0.2, 0.25) is 0 Å². The van der Waals surface area contributed by atoms with Crippen molar-refractivity contribution in [3.05, 3.63) is 23.8 Å². The van der Waals surface area contributed by atoms with Gasteiger partial charge in [-0.15, -0.1) is 12.4 Å². The molecule has 0 aliphatic carbocycles. The fraction of sp³-hybridized carbons (Fsp3) is 0.562. The maximum atomic E-state index is 12.3. The van der Waals surface area contributed by atoms with Crippen LogP contribution >= 0.6 is 12.4 Å². The summed E-state index contributed by atoms with van der Waals surface area (Å²) in [5.74, 6) is -0.0971. The van der Waals surface area contributed by atoms with Gasteiger partial charge in [-0.3, -0.25) is 4.79 Å². The molecule has 26 heavy (non-hydrogen) atoms. The van der Waals surface area contributed by atoms with Crippen LogP contribution in [-0.4, -0.2) is 72.7 Å². The van der Waals surface area contributed by atoms with Gasteiger partial charge in [-0.05, 0) is 38.2 Å². The number of ether oxygens (including phenoxy) is 1. The number of nitrogens with zero attached hydrogens (tertiary/aromatic N) is 1. The van der Waals surface area contributed by atoms with Gasteiger partial charge >= 0.3 is 0 Å². The first-order valence-corrected chi connectivity index (χ1v) is 9.79. The molecule has 1 fully saturated rings. The number of hydrogen-bond acceptors (Lipinski definition) is 6. The van der Waals surface area contributed by atoms with Crippen LogP contribution in [0, 0.1) is 0 Å². The molecule has 1 heterocycles. The van der Waals surface area contributed by atoms with Gasteiger partial charge in [0.15, 0.2) is 0 Å². The van der Waals surface area contributed by atoms with Crippen molar-refractivity contribution in [1.82, 2.24) is 20.3 Å². The summed E-state index contributed by atoms with van der Waals surface area (Å²) in [6, 6.07) is 4.37. The van der Waals surface area contributed by atoms with Gasteiger partial charge in [0.25, 0.3) is 5.91 Å². The first kappa shape index (κ1) is 22.7. The number of carbonyl (C=O) groups excluding carboxylic acids is 1. The lowest BCUT2D eigenvalue weighted by Gasteiger charge is -2.27. The molecule has 0 bridgehead atoms. The van der Waals surface area contributed by atoms with Crippen LogP contribution in [0.25, 0.3) is 0 Å². The summed E-state index contributed by atoms with van der Waals surface area (Å²) in [6.07, 6.45) is 0.851. The molecule has 148 valence electrons. The second kappa shape index (κ2) is 10.7. The second-order valence-electron chi connectivity index (χ2n) is 5.77. The van der Waals surface area contributed by atoms with Gasteiger partial charge in [0.05, 0.1) is 7.11 Å². The summed E-state index contributed by atoms with van der Waals surface area (Å²) in [5.41, 5.74) is 0.289. The van der Waals surface area contributed by atoms with E-state index in [1.54, 1.807) is 6.07 Å². The Morgan fingerprint density at radius 2 is 2.00 bits per heavy atom. The fourth-order valence-electron chi connectivity index (χ4n) is 2.68. The SMILES string of the molecule is CNS(=O)(=O)c1cc(C(=O)NCCCN2CCNCC2)ccc1OC.Cl. The van der Waals surface area contributed by atoms with Crippen molar-refractivity contribution in [2.75, 3.05) is 53.4 Å². The summed E-state index contributed by atoms with van der Waals surface area (Å²) < 4.78 is 31.4. The number of sulfonamides is 1. The number of piperazine rings is 1. The van der Waals surface area contributed by atoms with Gasteiger partial charge in [-0.2, -0.15) is 0 Å². The smallest absolute Gasteiger partial charge is 0.251 e. The van der Waals surface area contributed by atoms with Gasteiger partial charge < -0.3 is 20.3 Å². The monoisotopic (exact) mass is 406 g/mol. The average Bonchev–Trinajstić information content (AvgIpc) is 2.65. The summed E-state index contributed by atoms with van der Waals surface area (Å²) in [4.78, 5) is 14.6. The van der Waals surface area contributed by atoms with Crippen molar-refractivity contribution in [2.45, 2.75) is 11.3 Å². The van der Waals surface area contributed by atoms with E-state index in [1.807, 2.05) is 0 Å². The van der Waals surface area contributed by atoms with E-state index in [4.69, 9.17) is 4.74 Å². The molecule has 0 saturated carbocycles. The number of amides is 1. The van der Waals surface area contributed by atoms with Crippen LogP contribution in [0.1, 0.15) is 16.8 Å². The predicted octanol–water partition coefficient (Wildman–Crippen LogP) is 0.0502. The Bertz CT molecular complexity index is 693. The van der Waals surface area contributed by atoms with E-state index < -0.39 is 10.0 Å². The summed E-state index contributed by atoms with van der Waals surface area (Å²) in [6.45, 7) is 5.53. The molecular weight excluding hydrogens is 380 g/mol. The van der Waals surface area contributed by atoms with Gasteiger partial charge in [-0.1, -0.05) is 0 Å². The van der Waals surface area contributed by atoms with Gasteiger partial charge in [0.1, 0.15) is 10.6 Å².